The first kappa shape index (κ1) is 33.0. The molecule has 1 unspecified atom stereocenters. The maximum absolute atomic E-state index is 15.5. The Morgan fingerprint density at radius 3 is 1.95 bits per heavy atom. The molecule has 1 N–H and O–H groups in total. The second-order valence-electron chi connectivity index (χ2n) is 9.08. The number of amides is 1. The molecule has 0 saturated carbocycles. The van der Waals surface area contributed by atoms with E-state index in [0.29, 0.717) is 6.08 Å². The van der Waals surface area contributed by atoms with Gasteiger partial charge in [-0.1, -0.05) is 65.1 Å². The maximum atomic E-state index is 15.5. The first-order chi connectivity index (χ1) is 18.8. The summed E-state index contributed by atoms with van der Waals surface area (Å²) in [7, 11) is -4.59. The largest absolute Gasteiger partial charge is 0.402 e. The standard InChI is InChI=1S/C26H19Cl3F7NO3S/c1-13(11-41(39,40)12-25(31,32)33)37-24(38)18-7-6-17(15-4-2-3-5-16(15)18)22(30)10-19(26(34,35)36)14-8-20(27)23(29)21(28)9-14/h2-10,13,19H,11-12H2,1H3,(H,37,38)/b22-10-/t13-,19?/m1/s1. The van der Waals surface area contributed by atoms with Crippen LogP contribution in [0.2, 0.25) is 15.1 Å². The Morgan fingerprint density at radius 1 is 0.927 bits per heavy atom. The third-order valence-corrected chi connectivity index (χ3v) is 8.69. The van der Waals surface area contributed by atoms with Crippen LogP contribution in [-0.2, 0) is 9.84 Å². The Labute approximate surface area is 245 Å². The van der Waals surface area contributed by atoms with Crippen LogP contribution in [0, 0.1) is 0 Å². The van der Waals surface area contributed by atoms with Gasteiger partial charge in [0.15, 0.2) is 9.84 Å². The fourth-order valence-electron chi connectivity index (χ4n) is 4.11. The maximum Gasteiger partial charge on any atom is 0.402 e. The predicted molar refractivity (Wildman–Crippen MR) is 145 cm³/mol. The molecular weight excluding hydrogens is 646 g/mol. The van der Waals surface area contributed by atoms with E-state index in [0.717, 1.165) is 24.3 Å². The van der Waals surface area contributed by atoms with E-state index in [-0.39, 0.29) is 37.0 Å². The van der Waals surface area contributed by atoms with Gasteiger partial charge in [0.2, 0.25) is 0 Å². The van der Waals surface area contributed by atoms with E-state index in [1.807, 2.05) is 0 Å². The van der Waals surface area contributed by atoms with Crippen molar-refractivity contribution in [1.82, 2.24) is 5.32 Å². The van der Waals surface area contributed by atoms with Gasteiger partial charge in [-0.15, -0.1) is 0 Å². The van der Waals surface area contributed by atoms with Gasteiger partial charge in [-0.05, 0) is 47.5 Å². The highest BCUT2D eigenvalue weighted by Crippen LogP contribution is 2.42. The molecule has 0 aliphatic heterocycles. The smallest absolute Gasteiger partial charge is 0.349 e. The summed E-state index contributed by atoms with van der Waals surface area (Å²) in [5.74, 6) is -7.70. The zero-order chi connectivity index (χ0) is 30.9. The minimum absolute atomic E-state index is 0.0411. The van der Waals surface area contributed by atoms with Crippen molar-refractivity contribution in [1.29, 1.82) is 0 Å². The minimum atomic E-state index is -4.96. The summed E-state index contributed by atoms with van der Waals surface area (Å²) in [5.41, 5.74) is -0.874. The second-order valence-corrected chi connectivity index (χ2v) is 12.4. The number of hydrogen-bond donors (Lipinski definition) is 1. The molecule has 0 fully saturated rings. The summed E-state index contributed by atoms with van der Waals surface area (Å²) >= 11 is 17.6. The summed E-state index contributed by atoms with van der Waals surface area (Å²) < 4.78 is 119. The summed E-state index contributed by atoms with van der Waals surface area (Å²) in [4.78, 5) is 12.9. The van der Waals surface area contributed by atoms with Crippen molar-refractivity contribution in [3.05, 3.63) is 86.4 Å². The molecule has 3 aromatic rings. The predicted octanol–water partition coefficient (Wildman–Crippen LogP) is 8.55. The highest BCUT2D eigenvalue weighted by Gasteiger charge is 2.40. The van der Waals surface area contributed by atoms with Crippen molar-refractivity contribution in [2.75, 3.05) is 11.5 Å². The van der Waals surface area contributed by atoms with Crippen molar-refractivity contribution in [2.24, 2.45) is 0 Å². The van der Waals surface area contributed by atoms with E-state index in [1.165, 1.54) is 31.2 Å². The van der Waals surface area contributed by atoms with Crippen LogP contribution in [0.25, 0.3) is 16.6 Å². The lowest BCUT2D eigenvalue weighted by Gasteiger charge is -2.19. The number of fused-ring (bicyclic) bond motifs is 1. The number of rotatable bonds is 8. The molecule has 3 aromatic carbocycles. The van der Waals surface area contributed by atoms with E-state index in [1.54, 1.807) is 0 Å². The summed E-state index contributed by atoms with van der Waals surface area (Å²) in [5, 5.41) is 1.72. The number of sulfone groups is 1. The van der Waals surface area contributed by atoms with E-state index < -0.39 is 63.0 Å². The Balaban J connectivity index is 1.98. The van der Waals surface area contributed by atoms with Gasteiger partial charge < -0.3 is 5.32 Å². The quantitative estimate of drug-likeness (QED) is 0.194. The molecule has 3 rings (SSSR count). The first-order valence-corrected chi connectivity index (χ1v) is 14.4. The summed E-state index contributed by atoms with van der Waals surface area (Å²) in [6.07, 6.45) is -9.59. The Kier molecular flexibility index (Phi) is 9.94. The van der Waals surface area contributed by atoms with Crippen LogP contribution in [-0.4, -0.2) is 44.2 Å². The van der Waals surface area contributed by atoms with Crippen LogP contribution in [0.5, 0.6) is 0 Å². The Bertz CT molecular complexity index is 1580. The first-order valence-electron chi connectivity index (χ1n) is 11.5. The number of nitrogens with one attached hydrogen (secondary N) is 1. The zero-order valence-corrected chi connectivity index (χ0v) is 23.8. The molecule has 0 spiro atoms. The topological polar surface area (TPSA) is 63.2 Å². The van der Waals surface area contributed by atoms with E-state index >= 15 is 4.39 Å². The van der Waals surface area contributed by atoms with E-state index in [4.69, 9.17) is 34.8 Å². The van der Waals surface area contributed by atoms with Gasteiger partial charge in [0.05, 0.1) is 20.8 Å². The molecule has 0 aromatic heterocycles. The van der Waals surface area contributed by atoms with Gasteiger partial charge in [0.1, 0.15) is 17.5 Å². The van der Waals surface area contributed by atoms with Crippen molar-refractivity contribution in [2.45, 2.75) is 31.2 Å². The number of alkyl halides is 6. The van der Waals surface area contributed by atoms with Gasteiger partial charge in [-0.3, -0.25) is 4.79 Å². The van der Waals surface area contributed by atoms with Crippen LogP contribution in [0.3, 0.4) is 0 Å². The third kappa shape index (κ3) is 8.50. The molecule has 15 heteroatoms. The lowest BCUT2D eigenvalue weighted by molar-refractivity contribution is -0.139. The van der Waals surface area contributed by atoms with Gasteiger partial charge in [-0.25, -0.2) is 12.8 Å². The van der Waals surface area contributed by atoms with Crippen molar-refractivity contribution in [3.63, 3.8) is 0 Å². The number of halogens is 10. The Morgan fingerprint density at radius 2 is 1.44 bits per heavy atom. The number of allylic oxidation sites excluding steroid dienone is 1. The fraction of sp³-hybridized carbons (Fsp3) is 0.269. The van der Waals surface area contributed by atoms with Crippen LogP contribution in [0.4, 0.5) is 30.7 Å². The van der Waals surface area contributed by atoms with Crippen molar-refractivity contribution < 1.29 is 43.9 Å². The molecule has 0 bridgehead atoms. The van der Waals surface area contributed by atoms with Crippen LogP contribution >= 0.6 is 34.8 Å². The van der Waals surface area contributed by atoms with Gasteiger partial charge >= 0.3 is 12.4 Å². The highest BCUT2D eigenvalue weighted by atomic mass is 35.5. The molecule has 222 valence electrons. The fourth-order valence-corrected chi connectivity index (χ4v) is 6.18. The van der Waals surface area contributed by atoms with Gasteiger partial charge in [-0.2, -0.15) is 26.3 Å². The van der Waals surface area contributed by atoms with Crippen molar-refractivity contribution >= 4 is 67.1 Å². The molecule has 4 nitrogen and oxygen atoms in total. The monoisotopic (exact) mass is 663 g/mol. The molecule has 0 heterocycles. The third-order valence-electron chi connectivity index (χ3n) is 5.72. The molecule has 0 saturated heterocycles. The number of benzene rings is 3. The molecular formula is C26H19Cl3F7NO3S. The minimum Gasteiger partial charge on any atom is -0.349 e. The van der Waals surface area contributed by atoms with Crippen LogP contribution in [0.15, 0.2) is 54.6 Å². The van der Waals surface area contributed by atoms with Gasteiger partial charge in [0.25, 0.3) is 5.91 Å². The SMILES string of the molecule is C[C@H](CS(=O)(=O)CC(F)(F)F)NC(=O)c1ccc(/C(F)=C/C(c2cc(Cl)c(Cl)c(Cl)c2)C(F)(F)F)c2ccccc12. The Hall–Kier alpha value is -2.54. The lowest BCUT2D eigenvalue weighted by Crippen LogP contribution is -2.39. The highest BCUT2D eigenvalue weighted by molar-refractivity contribution is 7.91. The number of carbonyl (C=O) groups excluding carboxylic acids is 1. The molecule has 0 aliphatic carbocycles. The van der Waals surface area contributed by atoms with E-state index in [9.17, 15) is 39.6 Å². The average Bonchev–Trinajstić information content (AvgIpc) is 2.81. The molecule has 0 radical (unpaired) electrons. The lowest BCUT2D eigenvalue weighted by atomic mass is 9.94. The molecule has 0 aliphatic rings. The average molecular weight is 665 g/mol. The second kappa shape index (κ2) is 12.4. The van der Waals surface area contributed by atoms with Crippen LogP contribution < -0.4 is 5.32 Å². The molecule has 41 heavy (non-hydrogen) atoms. The summed E-state index contributed by atoms with van der Waals surface area (Å²) in [6.45, 7) is 1.19. The molecule has 2 atom stereocenters. The van der Waals surface area contributed by atoms with E-state index in [2.05, 4.69) is 5.32 Å². The normalized spacial score (nSPS) is 14.7. The summed E-state index contributed by atoms with van der Waals surface area (Å²) in [6, 6.07) is 8.43. The van der Waals surface area contributed by atoms with Crippen LogP contribution in [0.1, 0.15) is 34.3 Å². The zero-order valence-electron chi connectivity index (χ0n) is 20.7. The van der Waals surface area contributed by atoms with Crippen molar-refractivity contribution in [3.8, 4) is 0 Å². The van der Waals surface area contributed by atoms with Gasteiger partial charge in [0, 0.05) is 17.2 Å². The number of hydrogen-bond acceptors (Lipinski definition) is 3. The number of carbonyl (C=O) groups is 1. The molecule has 1 amide bonds.